The number of oxazole rings is 1. The second-order valence-corrected chi connectivity index (χ2v) is 13.8. The van der Waals surface area contributed by atoms with Crippen LogP contribution in [0.5, 0.6) is 0 Å². The van der Waals surface area contributed by atoms with E-state index in [9.17, 15) is 0 Å². The van der Waals surface area contributed by atoms with Crippen LogP contribution >= 0.6 is 11.3 Å². The molecule has 0 bridgehead atoms. The Bertz CT molecular complexity index is 2830. The van der Waals surface area contributed by atoms with Gasteiger partial charge in [0.1, 0.15) is 5.52 Å². The van der Waals surface area contributed by atoms with E-state index in [4.69, 9.17) is 9.40 Å². The fraction of sp³-hybridized carbons (Fsp3) is 0. The Hall–Kier alpha value is -6.49. The summed E-state index contributed by atoms with van der Waals surface area (Å²) in [6.07, 6.45) is 0. The number of fused-ring (bicyclic) bond motifs is 6. The average molecular weight is 671 g/mol. The Morgan fingerprint density at radius 2 is 1.06 bits per heavy atom. The van der Waals surface area contributed by atoms with Gasteiger partial charge >= 0.3 is 0 Å². The maximum atomic E-state index is 6.47. The zero-order valence-electron chi connectivity index (χ0n) is 27.5. The van der Waals surface area contributed by atoms with Crippen LogP contribution in [0, 0.1) is 0 Å². The number of nitrogens with zero attached hydrogens (tertiary/aromatic N) is 2. The van der Waals surface area contributed by atoms with Gasteiger partial charge in [0.25, 0.3) is 0 Å². The van der Waals surface area contributed by atoms with Gasteiger partial charge in [-0.2, -0.15) is 0 Å². The Labute approximate surface area is 299 Å². The lowest BCUT2D eigenvalue weighted by atomic mass is 9.98. The molecular formula is C47H30N2OS. The minimum Gasteiger partial charge on any atom is -0.436 e. The van der Waals surface area contributed by atoms with Crippen molar-refractivity contribution in [1.29, 1.82) is 0 Å². The van der Waals surface area contributed by atoms with Gasteiger partial charge in [-0.05, 0) is 88.1 Å². The molecule has 0 aliphatic carbocycles. The first-order chi connectivity index (χ1) is 25.3. The van der Waals surface area contributed by atoms with E-state index in [1.54, 1.807) is 0 Å². The van der Waals surface area contributed by atoms with E-state index in [-0.39, 0.29) is 0 Å². The van der Waals surface area contributed by atoms with Crippen molar-refractivity contribution < 1.29 is 4.42 Å². The summed E-state index contributed by atoms with van der Waals surface area (Å²) in [5.41, 5.74) is 10.7. The topological polar surface area (TPSA) is 29.3 Å². The highest BCUT2D eigenvalue weighted by atomic mass is 32.1. The van der Waals surface area contributed by atoms with Gasteiger partial charge in [-0.3, -0.25) is 0 Å². The van der Waals surface area contributed by atoms with E-state index in [2.05, 4.69) is 157 Å². The highest BCUT2D eigenvalue weighted by Crippen LogP contribution is 2.45. The molecule has 0 unspecified atom stereocenters. The summed E-state index contributed by atoms with van der Waals surface area (Å²) in [6.45, 7) is 0. The summed E-state index contributed by atoms with van der Waals surface area (Å²) in [5, 5.41) is 4.86. The SMILES string of the molecule is c1ccc(-c2nc3c(cc(-c4ccc(N(c5ccccc5)c5ccc(-c6cccc7ccccc67)cc5)cc4)c4sc5ccccc5c43)o2)cc1. The third kappa shape index (κ3) is 5.08. The third-order valence-corrected chi connectivity index (χ3v) is 10.9. The summed E-state index contributed by atoms with van der Waals surface area (Å²) in [7, 11) is 0. The first-order valence-electron chi connectivity index (χ1n) is 17.1. The molecule has 10 aromatic rings. The zero-order valence-corrected chi connectivity index (χ0v) is 28.3. The number of para-hydroxylation sites is 1. The largest absolute Gasteiger partial charge is 0.436 e. The molecule has 2 aromatic heterocycles. The summed E-state index contributed by atoms with van der Waals surface area (Å²) in [5.74, 6) is 0.639. The molecule has 0 saturated carbocycles. The maximum absolute atomic E-state index is 6.47. The summed E-state index contributed by atoms with van der Waals surface area (Å²) in [4.78, 5) is 7.36. The van der Waals surface area contributed by atoms with Crippen molar-refractivity contribution >= 4 is 70.4 Å². The number of anilines is 3. The molecule has 240 valence electrons. The van der Waals surface area contributed by atoms with Crippen molar-refractivity contribution in [3.05, 3.63) is 182 Å². The molecule has 51 heavy (non-hydrogen) atoms. The van der Waals surface area contributed by atoms with Gasteiger partial charge in [0, 0.05) is 48.4 Å². The van der Waals surface area contributed by atoms with Crippen molar-refractivity contribution in [3.8, 4) is 33.7 Å². The minimum atomic E-state index is 0.639. The van der Waals surface area contributed by atoms with E-state index in [0.717, 1.165) is 50.2 Å². The molecule has 8 aromatic carbocycles. The predicted octanol–water partition coefficient (Wildman–Crippen LogP) is 13.8. The van der Waals surface area contributed by atoms with Crippen LogP contribution in [0.15, 0.2) is 186 Å². The van der Waals surface area contributed by atoms with Crippen molar-refractivity contribution in [2.45, 2.75) is 0 Å². The van der Waals surface area contributed by atoms with Gasteiger partial charge in [-0.1, -0.05) is 121 Å². The number of aromatic nitrogens is 1. The number of rotatable bonds is 6. The summed E-state index contributed by atoms with van der Waals surface area (Å²) < 4.78 is 8.93. The zero-order chi connectivity index (χ0) is 33.7. The number of thiophene rings is 1. The molecular weight excluding hydrogens is 641 g/mol. The molecule has 3 nitrogen and oxygen atoms in total. The highest BCUT2D eigenvalue weighted by molar-refractivity contribution is 7.26. The number of hydrogen-bond acceptors (Lipinski definition) is 4. The summed E-state index contributed by atoms with van der Waals surface area (Å²) in [6, 6.07) is 64.4. The van der Waals surface area contributed by atoms with Gasteiger partial charge in [-0.15, -0.1) is 11.3 Å². The van der Waals surface area contributed by atoms with Gasteiger partial charge in [0.2, 0.25) is 5.89 Å². The van der Waals surface area contributed by atoms with E-state index < -0.39 is 0 Å². The van der Waals surface area contributed by atoms with Crippen LogP contribution in [0.1, 0.15) is 0 Å². The van der Waals surface area contributed by atoms with Crippen molar-refractivity contribution in [2.24, 2.45) is 0 Å². The second-order valence-electron chi connectivity index (χ2n) is 12.7. The van der Waals surface area contributed by atoms with Crippen molar-refractivity contribution in [2.75, 3.05) is 4.90 Å². The molecule has 0 aliphatic rings. The predicted molar refractivity (Wildman–Crippen MR) is 215 cm³/mol. The Morgan fingerprint density at radius 3 is 1.80 bits per heavy atom. The van der Waals surface area contributed by atoms with E-state index in [1.807, 2.05) is 41.7 Å². The third-order valence-electron chi connectivity index (χ3n) is 9.70. The van der Waals surface area contributed by atoms with Crippen LogP contribution in [0.2, 0.25) is 0 Å². The lowest BCUT2D eigenvalue weighted by Gasteiger charge is -2.26. The molecule has 10 rings (SSSR count). The first kappa shape index (κ1) is 29.4. The fourth-order valence-electron chi connectivity index (χ4n) is 7.28. The molecule has 0 amide bonds. The Morgan fingerprint density at radius 1 is 0.471 bits per heavy atom. The molecule has 0 fully saturated rings. The molecule has 0 spiro atoms. The maximum Gasteiger partial charge on any atom is 0.227 e. The van der Waals surface area contributed by atoms with E-state index >= 15 is 0 Å². The van der Waals surface area contributed by atoms with Gasteiger partial charge in [0.05, 0.1) is 0 Å². The van der Waals surface area contributed by atoms with Gasteiger partial charge in [0.15, 0.2) is 5.58 Å². The Kier molecular flexibility index (Phi) is 7.00. The normalized spacial score (nSPS) is 11.5. The molecule has 2 heterocycles. The van der Waals surface area contributed by atoms with Crippen molar-refractivity contribution in [3.63, 3.8) is 0 Å². The molecule has 4 heteroatoms. The van der Waals surface area contributed by atoms with Gasteiger partial charge < -0.3 is 9.32 Å². The van der Waals surface area contributed by atoms with Crippen LogP contribution in [-0.4, -0.2) is 4.98 Å². The fourth-order valence-corrected chi connectivity index (χ4v) is 8.52. The Balaban J connectivity index is 1.08. The molecule has 0 aliphatic heterocycles. The smallest absolute Gasteiger partial charge is 0.227 e. The average Bonchev–Trinajstić information content (AvgIpc) is 3.81. The van der Waals surface area contributed by atoms with Gasteiger partial charge in [-0.25, -0.2) is 4.98 Å². The molecule has 0 radical (unpaired) electrons. The number of hydrogen-bond donors (Lipinski definition) is 0. The van der Waals surface area contributed by atoms with E-state index in [1.165, 1.54) is 36.7 Å². The van der Waals surface area contributed by atoms with Crippen LogP contribution in [0.25, 0.3) is 75.8 Å². The van der Waals surface area contributed by atoms with E-state index in [0.29, 0.717) is 5.89 Å². The van der Waals surface area contributed by atoms with Crippen LogP contribution in [-0.2, 0) is 0 Å². The van der Waals surface area contributed by atoms with Crippen molar-refractivity contribution in [1.82, 2.24) is 4.98 Å². The lowest BCUT2D eigenvalue weighted by Crippen LogP contribution is -2.09. The van der Waals surface area contributed by atoms with Crippen LogP contribution in [0.4, 0.5) is 17.1 Å². The lowest BCUT2D eigenvalue weighted by molar-refractivity contribution is 0.620. The second kappa shape index (κ2) is 12.1. The number of benzene rings is 8. The minimum absolute atomic E-state index is 0.639. The highest BCUT2D eigenvalue weighted by Gasteiger charge is 2.20. The van der Waals surface area contributed by atoms with Crippen LogP contribution < -0.4 is 4.90 Å². The van der Waals surface area contributed by atoms with Crippen LogP contribution in [0.3, 0.4) is 0 Å². The molecule has 0 atom stereocenters. The monoisotopic (exact) mass is 670 g/mol. The molecule has 0 N–H and O–H groups in total. The molecule has 0 saturated heterocycles. The summed E-state index contributed by atoms with van der Waals surface area (Å²) >= 11 is 1.82. The standard InChI is InChI=1S/C47H30N2OS/c1-3-13-34(14-4-1)47-48-45-42(50-47)30-41(46-44(45)40-19-9-10-21-43(40)51-46)33-24-28-37(29-25-33)49(35-16-5-2-6-17-35)36-26-22-32(23-27-36)39-20-11-15-31-12-7-8-18-38(31)39/h1-30H. The quantitative estimate of drug-likeness (QED) is 0.176. The first-order valence-corrected chi connectivity index (χ1v) is 17.9.